The standard InChI is InChI=1S/C14H17NO2/c1-11(14(16)17)15-9-7-13(8-10-15)12-5-3-2-4-6-12/h2-7,11H,8-10H2,1H3,(H,16,17). The third-order valence-electron chi connectivity index (χ3n) is 3.29. The van der Waals surface area contributed by atoms with E-state index in [0.29, 0.717) is 0 Å². The Labute approximate surface area is 101 Å². The van der Waals surface area contributed by atoms with Gasteiger partial charge in [0.1, 0.15) is 6.04 Å². The van der Waals surface area contributed by atoms with Crippen LogP contribution in [-0.2, 0) is 4.79 Å². The first kappa shape index (κ1) is 11.9. The van der Waals surface area contributed by atoms with Crippen LogP contribution in [0.15, 0.2) is 36.4 Å². The minimum atomic E-state index is -0.749. The zero-order valence-electron chi connectivity index (χ0n) is 9.97. The largest absolute Gasteiger partial charge is 0.480 e. The molecular formula is C14H17NO2. The monoisotopic (exact) mass is 231 g/mol. The van der Waals surface area contributed by atoms with E-state index in [9.17, 15) is 4.79 Å². The van der Waals surface area contributed by atoms with Crippen LogP contribution < -0.4 is 0 Å². The molecule has 17 heavy (non-hydrogen) atoms. The van der Waals surface area contributed by atoms with Gasteiger partial charge in [-0.05, 0) is 24.5 Å². The number of carboxylic acids is 1. The Morgan fingerprint density at radius 2 is 2.06 bits per heavy atom. The van der Waals surface area contributed by atoms with E-state index in [-0.39, 0.29) is 0 Å². The lowest BCUT2D eigenvalue weighted by Crippen LogP contribution is -2.41. The Bertz CT molecular complexity index is 425. The molecule has 0 saturated carbocycles. The van der Waals surface area contributed by atoms with Crippen LogP contribution in [-0.4, -0.2) is 35.1 Å². The molecule has 0 bridgehead atoms. The second-order valence-electron chi connectivity index (χ2n) is 4.35. The van der Waals surface area contributed by atoms with E-state index in [1.54, 1.807) is 6.92 Å². The zero-order valence-corrected chi connectivity index (χ0v) is 9.97. The van der Waals surface area contributed by atoms with Gasteiger partial charge in [-0.3, -0.25) is 9.69 Å². The van der Waals surface area contributed by atoms with Crippen molar-refractivity contribution in [1.82, 2.24) is 4.90 Å². The summed E-state index contributed by atoms with van der Waals surface area (Å²) in [6.45, 7) is 3.27. The summed E-state index contributed by atoms with van der Waals surface area (Å²) < 4.78 is 0. The van der Waals surface area contributed by atoms with Crippen molar-refractivity contribution in [2.24, 2.45) is 0 Å². The second-order valence-corrected chi connectivity index (χ2v) is 4.35. The first-order valence-corrected chi connectivity index (χ1v) is 5.90. The number of carbonyl (C=O) groups is 1. The van der Waals surface area contributed by atoms with E-state index in [1.165, 1.54) is 11.1 Å². The van der Waals surface area contributed by atoms with Gasteiger partial charge in [0.2, 0.25) is 0 Å². The van der Waals surface area contributed by atoms with Crippen molar-refractivity contribution >= 4 is 11.5 Å². The summed E-state index contributed by atoms with van der Waals surface area (Å²) in [7, 11) is 0. The Morgan fingerprint density at radius 3 is 2.59 bits per heavy atom. The normalized spacial score (nSPS) is 18.5. The lowest BCUT2D eigenvalue weighted by molar-refractivity contribution is -0.142. The van der Waals surface area contributed by atoms with Gasteiger partial charge in [0, 0.05) is 13.1 Å². The average molecular weight is 231 g/mol. The molecule has 0 amide bonds. The van der Waals surface area contributed by atoms with Crippen molar-refractivity contribution in [3.8, 4) is 0 Å². The molecule has 2 rings (SSSR count). The first-order valence-electron chi connectivity index (χ1n) is 5.90. The van der Waals surface area contributed by atoms with Crippen LogP contribution in [0.25, 0.3) is 5.57 Å². The average Bonchev–Trinajstić information content (AvgIpc) is 2.39. The van der Waals surface area contributed by atoms with Gasteiger partial charge in [-0.25, -0.2) is 0 Å². The Balaban J connectivity index is 2.05. The van der Waals surface area contributed by atoms with Crippen molar-refractivity contribution in [2.45, 2.75) is 19.4 Å². The van der Waals surface area contributed by atoms with Crippen molar-refractivity contribution < 1.29 is 9.90 Å². The Kier molecular flexibility index (Phi) is 3.59. The third-order valence-corrected chi connectivity index (χ3v) is 3.29. The highest BCUT2D eigenvalue weighted by atomic mass is 16.4. The number of nitrogens with zero attached hydrogens (tertiary/aromatic N) is 1. The molecule has 1 atom stereocenters. The molecule has 1 aliphatic heterocycles. The van der Waals surface area contributed by atoms with Crippen molar-refractivity contribution in [3.05, 3.63) is 42.0 Å². The number of aliphatic carboxylic acids is 1. The summed E-state index contributed by atoms with van der Waals surface area (Å²) in [5, 5.41) is 8.95. The van der Waals surface area contributed by atoms with Crippen LogP contribution in [0.5, 0.6) is 0 Å². The maximum absolute atomic E-state index is 10.9. The molecule has 90 valence electrons. The Morgan fingerprint density at radius 1 is 1.35 bits per heavy atom. The summed E-state index contributed by atoms with van der Waals surface area (Å²) in [5.74, 6) is -0.749. The number of carboxylic acid groups (broad SMARTS) is 1. The molecule has 0 radical (unpaired) electrons. The molecular weight excluding hydrogens is 214 g/mol. The summed E-state index contributed by atoms with van der Waals surface area (Å²) >= 11 is 0. The van der Waals surface area contributed by atoms with Gasteiger partial charge in [-0.2, -0.15) is 0 Å². The predicted molar refractivity (Wildman–Crippen MR) is 67.7 cm³/mol. The molecule has 1 aromatic carbocycles. The molecule has 0 saturated heterocycles. The zero-order chi connectivity index (χ0) is 12.3. The van der Waals surface area contributed by atoms with Gasteiger partial charge in [0.05, 0.1) is 0 Å². The van der Waals surface area contributed by atoms with E-state index in [1.807, 2.05) is 23.1 Å². The van der Waals surface area contributed by atoms with Gasteiger partial charge < -0.3 is 5.11 Å². The number of hydrogen-bond donors (Lipinski definition) is 1. The maximum Gasteiger partial charge on any atom is 0.320 e. The summed E-state index contributed by atoms with van der Waals surface area (Å²) in [6, 6.07) is 9.87. The van der Waals surface area contributed by atoms with E-state index >= 15 is 0 Å². The molecule has 0 spiro atoms. The minimum absolute atomic E-state index is 0.399. The van der Waals surface area contributed by atoms with Crippen LogP contribution in [0, 0.1) is 0 Å². The molecule has 1 unspecified atom stereocenters. The smallest absolute Gasteiger partial charge is 0.320 e. The summed E-state index contributed by atoms with van der Waals surface area (Å²) in [6.07, 6.45) is 3.06. The molecule has 0 aromatic heterocycles. The van der Waals surface area contributed by atoms with E-state index in [2.05, 4.69) is 18.2 Å². The van der Waals surface area contributed by atoms with Crippen molar-refractivity contribution in [3.63, 3.8) is 0 Å². The van der Waals surface area contributed by atoms with Crippen LogP contribution in [0.1, 0.15) is 18.9 Å². The molecule has 0 aliphatic carbocycles. The fourth-order valence-electron chi connectivity index (χ4n) is 2.11. The van der Waals surface area contributed by atoms with Gasteiger partial charge in [-0.15, -0.1) is 0 Å². The fourth-order valence-corrected chi connectivity index (χ4v) is 2.11. The molecule has 1 aliphatic rings. The van der Waals surface area contributed by atoms with Gasteiger partial charge in [0.25, 0.3) is 0 Å². The molecule has 1 N–H and O–H groups in total. The topological polar surface area (TPSA) is 40.5 Å². The highest BCUT2D eigenvalue weighted by molar-refractivity contribution is 5.73. The van der Waals surface area contributed by atoms with Crippen LogP contribution in [0.3, 0.4) is 0 Å². The van der Waals surface area contributed by atoms with Gasteiger partial charge >= 0.3 is 5.97 Å². The molecule has 3 heteroatoms. The lowest BCUT2D eigenvalue weighted by Gasteiger charge is -2.29. The first-order chi connectivity index (χ1) is 8.18. The molecule has 3 nitrogen and oxygen atoms in total. The number of benzene rings is 1. The maximum atomic E-state index is 10.9. The van der Waals surface area contributed by atoms with Crippen LogP contribution in [0.2, 0.25) is 0 Å². The van der Waals surface area contributed by atoms with Gasteiger partial charge in [-0.1, -0.05) is 36.4 Å². The lowest BCUT2D eigenvalue weighted by atomic mass is 9.99. The number of hydrogen-bond acceptors (Lipinski definition) is 2. The Hall–Kier alpha value is -1.61. The predicted octanol–water partition coefficient (Wildman–Crippen LogP) is 2.25. The van der Waals surface area contributed by atoms with E-state index < -0.39 is 12.0 Å². The van der Waals surface area contributed by atoms with Crippen LogP contribution in [0.4, 0.5) is 0 Å². The highest BCUT2D eigenvalue weighted by Crippen LogP contribution is 2.22. The number of rotatable bonds is 3. The second kappa shape index (κ2) is 5.15. The third kappa shape index (κ3) is 2.74. The SMILES string of the molecule is CC(C(=O)O)N1CC=C(c2ccccc2)CC1. The summed E-state index contributed by atoms with van der Waals surface area (Å²) in [5.41, 5.74) is 2.56. The van der Waals surface area contributed by atoms with E-state index in [4.69, 9.17) is 5.11 Å². The summed E-state index contributed by atoms with van der Waals surface area (Å²) in [4.78, 5) is 12.9. The van der Waals surface area contributed by atoms with Gasteiger partial charge in [0.15, 0.2) is 0 Å². The van der Waals surface area contributed by atoms with Crippen molar-refractivity contribution in [2.75, 3.05) is 13.1 Å². The minimum Gasteiger partial charge on any atom is -0.480 e. The van der Waals surface area contributed by atoms with Crippen molar-refractivity contribution in [1.29, 1.82) is 0 Å². The molecule has 1 aromatic rings. The fraction of sp³-hybridized carbons (Fsp3) is 0.357. The quantitative estimate of drug-likeness (QED) is 0.867. The highest BCUT2D eigenvalue weighted by Gasteiger charge is 2.22. The van der Waals surface area contributed by atoms with Crippen LogP contribution >= 0.6 is 0 Å². The molecule has 0 fully saturated rings. The van der Waals surface area contributed by atoms with E-state index in [0.717, 1.165) is 19.5 Å². The molecule has 1 heterocycles.